The molecule has 11 nitrogen and oxygen atoms in total. The summed E-state index contributed by atoms with van der Waals surface area (Å²) in [7, 11) is 1.53. The third-order valence-electron chi connectivity index (χ3n) is 5.30. The van der Waals surface area contributed by atoms with Crippen molar-refractivity contribution in [1.29, 1.82) is 0 Å². The summed E-state index contributed by atoms with van der Waals surface area (Å²) in [6.45, 7) is 5.18. The number of hydrogen-bond acceptors (Lipinski definition) is 11. The van der Waals surface area contributed by atoms with Gasteiger partial charge in [-0.1, -0.05) is 11.3 Å². The predicted molar refractivity (Wildman–Crippen MR) is 139 cm³/mol. The normalized spacial score (nSPS) is 11.9. The minimum atomic E-state index is -0.712. The van der Waals surface area contributed by atoms with Crippen molar-refractivity contribution in [3.05, 3.63) is 54.0 Å². The fraction of sp³-hybridized carbons (Fsp3) is 0.240. The molecule has 1 amide bonds. The number of anilines is 1. The van der Waals surface area contributed by atoms with Crippen molar-refractivity contribution < 1.29 is 23.4 Å². The fourth-order valence-electron chi connectivity index (χ4n) is 3.57. The van der Waals surface area contributed by atoms with Gasteiger partial charge in [0, 0.05) is 11.6 Å². The summed E-state index contributed by atoms with van der Waals surface area (Å²) in [5.41, 5.74) is 3.80. The number of hydrogen-bond donors (Lipinski definition) is 1. The Labute approximate surface area is 220 Å². The number of methoxy groups -OCH3 is 1. The van der Waals surface area contributed by atoms with E-state index in [1.807, 2.05) is 19.1 Å². The largest absolute Gasteiger partial charge is 0.480 e. The standard InChI is InChI=1S/C25H22FN7O4S/c1-12-5-16(21-18(6-12)31-20(35-4)10-29-21)23-32-19-7-17(26)22(33-24(19)38-23)36-11-13(2)37-25(34)30-15-8-27-14(3)28-9-15/h5-10,13H,11H2,1-4H3,(H,30,34)/t13-/m1/s1. The van der Waals surface area contributed by atoms with Crippen molar-refractivity contribution in [2.24, 2.45) is 0 Å². The zero-order valence-electron chi connectivity index (χ0n) is 20.9. The van der Waals surface area contributed by atoms with E-state index in [-0.39, 0.29) is 12.5 Å². The molecule has 0 saturated heterocycles. The number of aryl methyl sites for hydroxylation is 2. The molecule has 0 spiro atoms. The highest BCUT2D eigenvalue weighted by Crippen LogP contribution is 2.35. The van der Waals surface area contributed by atoms with Crippen LogP contribution in [0.3, 0.4) is 0 Å². The summed E-state index contributed by atoms with van der Waals surface area (Å²) in [5, 5.41) is 3.14. The molecule has 0 bridgehead atoms. The highest BCUT2D eigenvalue weighted by atomic mass is 32.1. The maximum atomic E-state index is 14.8. The first-order valence-corrected chi connectivity index (χ1v) is 12.3. The Bertz CT molecular complexity index is 1650. The SMILES string of the molecule is COc1cnc2c(-c3nc4cc(F)c(OC[C@@H](C)OC(=O)Nc5cnc(C)nc5)nc4s3)cc(C)cc2n1. The summed E-state index contributed by atoms with van der Waals surface area (Å²) in [6.07, 6.45) is 3.06. The average molecular weight is 536 g/mol. The number of benzene rings is 1. The molecule has 4 aromatic heterocycles. The van der Waals surface area contributed by atoms with Crippen molar-refractivity contribution in [2.75, 3.05) is 19.0 Å². The van der Waals surface area contributed by atoms with Crippen molar-refractivity contribution in [2.45, 2.75) is 26.9 Å². The van der Waals surface area contributed by atoms with E-state index < -0.39 is 18.0 Å². The molecule has 1 N–H and O–H groups in total. The van der Waals surface area contributed by atoms with Crippen LogP contribution in [0.2, 0.25) is 0 Å². The molecule has 0 fully saturated rings. The van der Waals surface area contributed by atoms with E-state index in [0.29, 0.717) is 43.8 Å². The smallest absolute Gasteiger partial charge is 0.412 e. The van der Waals surface area contributed by atoms with Crippen LogP contribution in [0.4, 0.5) is 14.9 Å². The van der Waals surface area contributed by atoms with E-state index in [2.05, 4.69) is 35.2 Å². The Hall–Kier alpha value is -4.52. The number of carbonyl (C=O) groups is 1. The number of pyridine rings is 1. The second-order valence-corrected chi connectivity index (χ2v) is 9.36. The zero-order chi connectivity index (χ0) is 26.8. The van der Waals surface area contributed by atoms with E-state index in [1.165, 1.54) is 43.1 Å². The Morgan fingerprint density at radius 3 is 2.61 bits per heavy atom. The van der Waals surface area contributed by atoms with Crippen molar-refractivity contribution in [3.8, 4) is 22.3 Å². The molecule has 0 aliphatic rings. The van der Waals surface area contributed by atoms with Crippen LogP contribution >= 0.6 is 11.3 Å². The van der Waals surface area contributed by atoms with Crippen LogP contribution in [0.25, 0.3) is 32.0 Å². The Balaban J connectivity index is 1.31. The van der Waals surface area contributed by atoms with Gasteiger partial charge < -0.3 is 14.2 Å². The number of halogens is 1. The Kier molecular flexibility index (Phi) is 6.92. The summed E-state index contributed by atoms with van der Waals surface area (Å²) < 4.78 is 30.7. The second-order valence-electron chi connectivity index (χ2n) is 8.38. The van der Waals surface area contributed by atoms with Crippen LogP contribution in [0.15, 0.2) is 36.8 Å². The predicted octanol–water partition coefficient (Wildman–Crippen LogP) is 4.87. The number of nitrogens with zero attached hydrogens (tertiary/aromatic N) is 6. The number of carbonyl (C=O) groups excluding carboxylic acids is 1. The summed E-state index contributed by atoms with van der Waals surface area (Å²) in [4.78, 5) is 38.4. The van der Waals surface area contributed by atoms with Gasteiger partial charge in [-0.2, -0.15) is 4.98 Å². The minimum absolute atomic E-state index is 0.112. The maximum Gasteiger partial charge on any atom is 0.412 e. The van der Waals surface area contributed by atoms with Gasteiger partial charge in [0.2, 0.25) is 5.88 Å². The maximum absolute atomic E-state index is 14.8. The molecule has 13 heteroatoms. The number of rotatable bonds is 7. The quantitative estimate of drug-likeness (QED) is 0.307. The third-order valence-corrected chi connectivity index (χ3v) is 6.30. The topological polar surface area (TPSA) is 134 Å². The second kappa shape index (κ2) is 10.5. The number of thiazole rings is 1. The van der Waals surface area contributed by atoms with Gasteiger partial charge in [0.25, 0.3) is 5.88 Å². The Morgan fingerprint density at radius 1 is 1.05 bits per heavy atom. The van der Waals surface area contributed by atoms with Gasteiger partial charge in [0.15, 0.2) is 5.82 Å². The van der Waals surface area contributed by atoms with E-state index in [1.54, 1.807) is 13.8 Å². The molecule has 0 saturated carbocycles. The van der Waals surface area contributed by atoms with Crippen molar-refractivity contribution in [1.82, 2.24) is 29.9 Å². The third kappa shape index (κ3) is 5.42. The number of aromatic nitrogens is 6. The molecule has 1 atom stereocenters. The molecule has 194 valence electrons. The van der Waals surface area contributed by atoms with E-state index in [0.717, 1.165) is 11.1 Å². The summed E-state index contributed by atoms with van der Waals surface area (Å²) in [5.74, 6) is 0.0890. The van der Waals surface area contributed by atoms with Crippen LogP contribution in [-0.2, 0) is 4.74 Å². The van der Waals surface area contributed by atoms with Gasteiger partial charge in [-0.15, -0.1) is 0 Å². The lowest BCUT2D eigenvalue weighted by Crippen LogP contribution is -2.25. The number of ether oxygens (including phenoxy) is 3. The van der Waals surface area contributed by atoms with Gasteiger partial charge in [0.05, 0.1) is 42.4 Å². The van der Waals surface area contributed by atoms with E-state index in [4.69, 9.17) is 14.2 Å². The first kappa shape index (κ1) is 25.1. The van der Waals surface area contributed by atoms with Gasteiger partial charge in [-0.3, -0.25) is 5.32 Å². The summed E-state index contributed by atoms with van der Waals surface area (Å²) in [6, 6.07) is 5.12. The Morgan fingerprint density at radius 2 is 1.84 bits per heavy atom. The molecular formula is C25H22FN7O4S. The van der Waals surface area contributed by atoms with Gasteiger partial charge in [0.1, 0.15) is 33.9 Å². The molecule has 0 radical (unpaired) electrons. The summed E-state index contributed by atoms with van der Waals surface area (Å²) >= 11 is 1.28. The van der Waals surface area contributed by atoms with E-state index >= 15 is 0 Å². The number of fused-ring (bicyclic) bond motifs is 2. The molecule has 1 aromatic carbocycles. The lowest BCUT2D eigenvalue weighted by molar-refractivity contribution is 0.0827. The monoisotopic (exact) mass is 535 g/mol. The zero-order valence-corrected chi connectivity index (χ0v) is 21.7. The van der Waals surface area contributed by atoms with Crippen LogP contribution in [0, 0.1) is 19.7 Å². The van der Waals surface area contributed by atoms with Gasteiger partial charge >= 0.3 is 6.09 Å². The molecule has 0 aliphatic heterocycles. The molecule has 38 heavy (non-hydrogen) atoms. The fourth-order valence-corrected chi connectivity index (χ4v) is 4.50. The van der Waals surface area contributed by atoms with E-state index in [9.17, 15) is 9.18 Å². The molecular weight excluding hydrogens is 513 g/mol. The van der Waals surface area contributed by atoms with Crippen molar-refractivity contribution in [3.63, 3.8) is 0 Å². The average Bonchev–Trinajstić information content (AvgIpc) is 3.30. The minimum Gasteiger partial charge on any atom is -0.480 e. The highest BCUT2D eigenvalue weighted by Gasteiger charge is 2.18. The first-order chi connectivity index (χ1) is 18.3. The number of nitrogens with one attached hydrogen (secondary N) is 1. The molecule has 4 heterocycles. The number of amides is 1. The van der Waals surface area contributed by atoms with Crippen LogP contribution in [-0.4, -0.2) is 55.8 Å². The van der Waals surface area contributed by atoms with Crippen LogP contribution in [0.5, 0.6) is 11.8 Å². The van der Waals surface area contributed by atoms with Crippen LogP contribution < -0.4 is 14.8 Å². The molecule has 0 unspecified atom stereocenters. The molecule has 0 aliphatic carbocycles. The van der Waals surface area contributed by atoms with Crippen molar-refractivity contribution >= 4 is 44.5 Å². The lowest BCUT2D eigenvalue weighted by atomic mass is 10.1. The molecule has 5 aromatic rings. The van der Waals surface area contributed by atoms with Gasteiger partial charge in [-0.05, 0) is 38.5 Å². The highest BCUT2D eigenvalue weighted by molar-refractivity contribution is 7.21. The first-order valence-electron chi connectivity index (χ1n) is 11.5. The molecule has 5 rings (SSSR count). The van der Waals surface area contributed by atoms with Crippen LogP contribution in [0.1, 0.15) is 18.3 Å². The lowest BCUT2D eigenvalue weighted by Gasteiger charge is -2.14. The van der Waals surface area contributed by atoms with Gasteiger partial charge in [-0.25, -0.2) is 34.1 Å².